The summed E-state index contributed by atoms with van der Waals surface area (Å²) in [4.78, 5) is 11.9. The fourth-order valence-electron chi connectivity index (χ4n) is 2.67. The number of ether oxygens (including phenoxy) is 1. The molecule has 5 nitrogen and oxygen atoms in total. The van der Waals surface area contributed by atoms with Gasteiger partial charge >= 0.3 is 5.97 Å². The third kappa shape index (κ3) is 2.85. The van der Waals surface area contributed by atoms with E-state index >= 15 is 0 Å². The minimum atomic E-state index is -0.491. The number of hydrogen-bond donors (Lipinski definition) is 0. The maximum atomic E-state index is 11.9. The molecule has 2 heterocycles. The Balaban J connectivity index is 1.92. The molecular weight excluding hydrogens is 384 g/mol. The zero-order valence-corrected chi connectivity index (χ0v) is 14.9. The lowest BCUT2D eigenvalue weighted by molar-refractivity contribution is 0.0593. The van der Waals surface area contributed by atoms with Crippen molar-refractivity contribution in [2.75, 3.05) is 7.11 Å². The first-order chi connectivity index (χ1) is 12.2. The summed E-state index contributed by atoms with van der Waals surface area (Å²) < 4.78 is 13.4. The van der Waals surface area contributed by atoms with Crippen LogP contribution in [0.4, 0.5) is 0 Å². The number of benzene rings is 2. The Morgan fingerprint density at radius 3 is 2.68 bits per heavy atom. The van der Waals surface area contributed by atoms with Gasteiger partial charge in [-0.3, -0.25) is 0 Å². The zero-order valence-electron chi connectivity index (χ0n) is 13.3. The van der Waals surface area contributed by atoms with E-state index in [0.29, 0.717) is 11.5 Å². The lowest BCUT2D eigenvalue weighted by Crippen LogP contribution is -2.04. The highest BCUT2D eigenvalue weighted by atomic mass is 79.9. The van der Waals surface area contributed by atoms with Crippen LogP contribution in [0.3, 0.4) is 0 Å². The largest absolute Gasteiger partial charge is 0.464 e. The van der Waals surface area contributed by atoms with Crippen molar-refractivity contribution >= 4 is 32.9 Å². The van der Waals surface area contributed by atoms with E-state index in [1.54, 1.807) is 10.7 Å². The molecule has 0 spiro atoms. The van der Waals surface area contributed by atoms with E-state index in [4.69, 9.17) is 9.15 Å². The minimum Gasteiger partial charge on any atom is -0.464 e. The number of rotatable bonds is 3. The molecule has 0 saturated carbocycles. The van der Waals surface area contributed by atoms with Crippen LogP contribution in [0.25, 0.3) is 28.1 Å². The number of carbonyl (C=O) groups is 1. The Morgan fingerprint density at radius 2 is 1.92 bits per heavy atom. The summed E-state index contributed by atoms with van der Waals surface area (Å²) >= 11 is 3.46. The van der Waals surface area contributed by atoms with Gasteiger partial charge in [-0.1, -0.05) is 34.1 Å². The van der Waals surface area contributed by atoms with Crippen molar-refractivity contribution in [2.24, 2.45) is 0 Å². The predicted molar refractivity (Wildman–Crippen MR) is 97.8 cm³/mol. The van der Waals surface area contributed by atoms with Gasteiger partial charge in [0, 0.05) is 15.9 Å². The molecule has 4 aromatic rings. The van der Waals surface area contributed by atoms with Crippen molar-refractivity contribution in [3.05, 3.63) is 70.8 Å². The van der Waals surface area contributed by atoms with Gasteiger partial charge in [0.05, 0.1) is 12.8 Å². The van der Waals surface area contributed by atoms with Gasteiger partial charge in [0.15, 0.2) is 11.5 Å². The standard InChI is InChI=1S/C19H13BrN2O3/c1-24-19(23)15-11-16(22(21-15)14-5-3-2-4-6-14)18-10-12-9-13(20)7-8-17(12)25-18/h2-11H,1H3. The number of methoxy groups -OCH3 is 1. The fourth-order valence-corrected chi connectivity index (χ4v) is 3.05. The molecule has 0 aliphatic rings. The number of fused-ring (bicyclic) bond motifs is 1. The quantitative estimate of drug-likeness (QED) is 0.465. The lowest BCUT2D eigenvalue weighted by Gasteiger charge is -2.04. The molecule has 0 amide bonds. The highest BCUT2D eigenvalue weighted by Crippen LogP contribution is 2.31. The third-order valence-corrected chi connectivity index (χ3v) is 4.33. The van der Waals surface area contributed by atoms with Crippen LogP contribution in [0.1, 0.15) is 10.5 Å². The number of esters is 1. The van der Waals surface area contributed by atoms with Gasteiger partial charge in [0.1, 0.15) is 11.3 Å². The Morgan fingerprint density at radius 1 is 1.12 bits per heavy atom. The molecular formula is C19H13BrN2O3. The average molecular weight is 397 g/mol. The first kappa shape index (κ1) is 15.7. The molecule has 4 rings (SSSR count). The highest BCUT2D eigenvalue weighted by Gasteiger charge is 2.19. The van der Waals surface area contributed by atoms with Crippen molar-refractivity contribution in [3.63, 3.8) is 0 Å². The molecule has 2 aromatic carbocycles. The monoisotopic (exact) mass is 396 g/mol. The van der Waals surface area contributed by atoms with E-state index in [9.17, 15) is 4.79 Å². The van der Waals surface area contributed by atoms with Crippen LogP contribution in [0.5, 0.6) is 0 Å². The number of carbonyl (C=O) groups excluding carboxylic acids is 1. The van der Waals surface area contributed by atoms with E-state index in [0.717, 1.165) is 21.1 Å². The molecule has 124 valence electrons. The second kappa shape index (κ2) is 6.22. The van der Waals surface area contributed by atoms with Gasteiger partial charge in [-0.25, -0.2) is 9.48 Å². The van der Waals surface area contributed by atoms with Crippen molar-refractivity contribution in [3.8, 4) is 17.1 Å². The van der Waals surface area contributed by atoms with Gasteiger partial charge in [-0.05, 0) is 36.4 Å². The van der Waals surface area contributed by atoms with Crippen molar-refractivity contribution in [1.29, 1.82) is 0 Å². The van der Waals surface area contributed by atoms with Crippen molar-refractivity contribution in [1.82, 2.24) is 9.78 Å². The number of hydrogen-bond acceptors (Lipinski definition) is 4. The Hall–Kier alpha value is -2.86. The van der Waals surface area contributed by atoms with E-state index in [2.05, 4.69) is 21.0 Å². The van der Waals surface area contributed by atoms with Crippen molar-refractivity contribution in [2.45, 2.75) is 0 Å². The van der Waals surface area contributed by atoms with Gasteiger partial charge in [-0.2, -0.15) is 5.10 Å². The molecule has 0 aliphatic heterocycles. The van der Waals surface area contributed by atoms with Crippen LogP contribution in [0.2, 0.25) is 0 Å². The topological polar surface area (TPSA) is 57.3 Å². The minimum absolute atomic E-state index is 0.225. The van der Waals surface area contributed by atoms with E-state index < -0.39 is 5.97 Å². The number of aromatic nitrogens is 2. The van der Waals surface area contributed by atoms with Crippen LogP contribution in [0, 0.1) is 0 Å². The average Bonchev–Trinajstić information content (AvgIpc) is 3.25. The molecule has 25 heavy (non-hydrogen) atoms. The van der Waals surface area contributed by atoms with Gasteiger partial charge in [0.25, 0.3) is 0 Å². The van der Waals surface area contributed by atoms with Crippen LogP contribution in [-0.2, 0) is 4.74 Å². The maximum absolute atomic E-state index is 11.9. The molecule has 0 saturated heterocycles. The first-order valence-electron chi connectivity index (χ1n) is 7.59. The zero-order chi connectivity index (χ0) is 17.4. The Labute approximate surface area is 152 Å². The summed E-state index contributed by atoms with van der Waals surface area (Å²) in [5, 5.41) is 5.35. The van der Waals surface area contributed by atoms with Gasteiger partial charge in [0.2, 0.25) is 0 Å². The number of nitrogens with zero attached hydrogens (tertiary/aromatic N) is 2. The number of para-hydroxylation sites is 1. The lowest BCUT2D eigenvalue weighted by atomic mass is 10.2. The fraction of sp³-hybridized carbons (Fsp3) is 0.0526. The van der Waals surface area contributed by atoms with E-state index in [-0.39, 0.29) is 5.69 Å². The normalized spacial score (nSPS) is 11.0. The van der Waals surface area contributed by atoms with Crippen LogP contribution < -0.4 is 0 Å². The molecule has 2 aromatic heterocycles. The van der Waals surface area contributed by atoms with E-state index in [1.807, 2.05) is 54.6 Å². The SMILES string of the molecule is COC(=O)c1cc(-c2cc3cc(Br)ccc3o2)n(-c2ccccc2)n1. The Kier molecular flexibility index (Phi) is 3.89. The van der Waals surface area contributed by atoms with Crippen molar-refractivity contribution < 1.29 is 13.9 Å². The third-order valence-electron chi connectivity index (χ3n) is 3.84. The number of furan rings is 1. The number of halogens is 1. The van der Waals surface area contributed by atoms with E-state index in [1.165, 1.54) is 7.11 Å². The summed E-state index contributed by atoms with van der Waals surface area (Å²) in [5.41, 5.74) is 2.50. The molecule has 6 heteroatoms. The summed E-state index contributed by atoms with van der Waals surface area (Å²) in [6.07, 6.45) is 0. The smallest absolute Gasteiger partial charge is 0.358 e. The predicted octanol–water partition coefficient (Wildman–Crippen LogP) is 4.83. The molecule has 0 radical (unpaired) electrons. The maximum Gasteiger partial charge on any atom is 0.358 e. The second-order valence-electron chi connectivity index (χ2n) is 5.45. The van der Waals surface area contributed by atoms with Crippen LogP contribution >= 0.6 is 15.9 Å². The molecule has 0 N–H and O–H groups in total. The summed E-state index contributed by atoms with van der Waals surface area (Å²) in [7, 11) is 1.34. The molecule has 0 atom stereocenters. The highest BCUT2D eigenvalue weighted by molar-refractivity contribution is 9.10. The second-order valence-corrected chi connectivity index (χ2v) is 6.36. The molecule has 0 fully saturated rings. The summed E-state index contributed by atoms with van der Waals surface area (Å²) in [5.74, 6) is 0.134. The van der Waals surface area contributed by atoms with Gasteiger partial charge in [-0.15, -0.1) is 0 Å². The van der Waals surface area contributed by atoms with Crippen LogP contribution in [-0.4, -0.2) is 22.9 Å². The van der Waals surface area contributed by atoms with Crippen LogP contribution in [0.15, 0.2) is 69.6 Å². The molecule has 0 aliphatic carbocycles. The molecule has 0 unspecified atom stereocenters. The van der Waals surface area contributed by atoms with Gasteiger partial charge < -0.3 is 9.15 Å². The Bertz CT molecular complexity index is 1070. The first-order valence-corrected chi connectivity index (χ1v) is 8.38. The summed E-state index contributed by atoms with van der Waals surface area (Å²) in [6.45, 7) is 0. The molecule has 0 bridgehead atoms. The summed E-state index contributed by atoms with van der Waals surface area (Å²) in [6, 6.07) is 19.0.